The molecule has 3 amide bonds. The molecule has 186 valence electrons. The Balaban J connectivity index is 1.53. The summed E-state index contributed by atoms with van der Waals surface area (Å²) in [5.41, 5.74) is 6.00. The summed E-state index contributed by atoms with van der Waals surface area (Å²) in [5.74, 6) is -1.44. The number of methoxy groups -OCH3 is 1. The van der Waals surface area contributed by atoms with Crippen LogP contribution in [-0.2, 0) is 14.4 Å². The molecule has 0 saturated heterocycles. The molecule has 3 N–H and O–H groups in total. The number of ether oxygens (including phenoxy) is 2. The summed E-state index contributed by atoms with van der Waals surface area (Å²) < 4.78 is 10.9. The third-order valence-corrected chi connectivity index (χ3v) is 5.24. The first kappa shape index (κ1) is 26.2. The van der Waals surface area contributed by atoms with E-state index in [1.165, 1.54) is 19.4 Å². The Morgan fingerprint density at radius 2 is 1.67 bits per heavy atom. The van der Waals surface area contributed by atoms with Gasteiger partial charge in [-0.15, -0.1) is 0 Å². The summed E-state index contributed by atoms with van der Waals surface area (Å²) >= 11 is 5.86. The molecule has 0 heterocycles. The van der Waals surface area contributed by atoms with Gasteiger partial charge in [0.15, 0.2) is 18.1 Å². The van der Waals surface area contributed by atoms with Crippen molar-refractivity contribution in [3.8, 4) is 11.5 Å². The number of hydrogen-bond acceptors (Lipinski definition) is 6. The molecule has 3 rings (SSSR count). The maximum Gasteiger partial charge on any atom is 0.329 e. The van der Waals surface area contributed by atoms with E-state index in [-0.39, 0.29) is 12.5 Å². The largest absolute Gasteiger partial charge is 0.493 e. The first-order valence-electron chi connectivity index (χ1n) is 10.8. The SMILES string of the molecule is COc1cc(/C=N\NC(=O)C(=O)Nc2cccc(Cl)c2)ccc1OCC(=O)Nc1ccc(C)c(C)c1. The van der Waals surface area contributed by atoms with Gasteiger partial charge in [0.05, 0.1) is 13.3 Å². The molecule has 0 aliphatic carbocycles. The highest BCUT2D eigenvalue weighted by Crippen LogP contribution is 2.27. The quantitative estimate of drug-likeness (QED) is 0.241. The summed E-state index contributed by atoms with van der Waals surface area (Å²) in [6, 6.07) is 16.9. The normalized spacial score (nSPS) is 10.6. The topological polar surface area (TPSA) is 118 Å². The highest BCUT2D eigenvalue weighted by Gasteiger charge is 2.13. The summed E-state index contributed by atoms with van der Waals surface area (Å²) in [5, 5.41) is 9.43. The molecule has 0 bridgehead atoms. The maximum absolute atomic E-state index is 12.3. The smallest absolute Gasteiger partial charge is 0.329 e. The van der Waals surface area contributed by atoms with E-state index in [2.05, 4.69) is 21.2 Å². The lowest BCUT2D eigenvalue weighted by atomic mass is 10.1. The van der Waals surface area contributed by atoms with Crippen molar-refractivity contribution in [2.75, 3.05) is 24.4 Å². The number of carbonyl (C=O) groups is 3. The molecule has 0 fully saturated rings. The number of halogens is 1. The molecule has 3 aromatic rings. The van der Waals surface area contributed by atoms with Crippen molar-refractivity contribution in [2.45, 2.75) is 13.8 Å². The van der Waals surface area contributed by atoms with Crippen LogP contribution in [0.1, 0.15) is 16.7 Å². The number of anilines is 2. The Bertz CT molecular complexity index is 1310. The maximum atomic E-state index is 12.3. The zero-order chi connectivity index (χ0) is 26.1. The minimum atomic E-state index is -0.951. The first-order valence-corrected chi connectivity index (χ1v) is 11.2. The van der Waals surface area contributed by atoms with Gasteiger partial charge < -0.3 is 20.1 Å². The van der Waals surface area contributed by atoms with E-state index in [1.807, 2.05) is 32.0 Å². The van der Waals surface area contributed by atoms with Crippen molar-refractivity contribution in [1.82, 2.24) is 5.43 Å². The number of amides is 3. The third-order valence-electron chi connectivity index (χ3n) is 5.01. The summed E-state index contributed by atoms with van der Waals surface area (Å²) in [6.45, 7) is 3.76. The van der Waals surface area contributed by atoms with Gasteiger partial charge in [0.2, 0.25) is 0 Å². The van der Waals surface area contributed by atoms with Gasteiger partial charge in [-0.05, 0) is 79.1 Å². The van der Waals surface area contributed by atoms with E-state index in [4.69, 9.17) is 21.1 Å². The van der Waals surface area contributed by atoms with Crippen LogP contribution >= 0.6 is 11.6 Å². The molecular weight excluding hydrogens is 484 g/mol. The fourth-order valence-corrected chi connectivity index (χ4v) is 3.20. The minimum absolute atomic E-state index is 0.214. The van der Waals surface area contributed by atoms with Crippen LogP contribution in [0.2, 0.25) is 5.02 Å². The highest BCUT2D eigenvalue weighted by molar-refractivity contribution is 6.39. The fourth-order valence-electron chi connectivity index (χ4n) is 3.01. The molecule has 0 spiro atoms. The van der Waals surface area contributed by atoms with Gasteiger partial charge in [0.25, 0.3) is 5.91 Å². The number of aryl methyl sites for hydroxylation is 2. The summed E-state index contributed by atoms with van der Waals surface area (Å²) in [4.78, 5) is 36.2. The standard InChI is InChI=1S/C26H25ClN4O5/c1-16-7-9-21(11-17(16)2)29-24(32)15-36-22-10-8-18(12-23(22)35-3)14-28-31-26(34)25(33)30-20-6-4-5-19(27)13-20/h4-14H,15H2,1-3H3,(H,29,32)(H,30,33)(H,31,34)/b28-14-. The van der Waals surface area contributed by atoms with Gasteiger partial charge in [0.1, 0.15) is 0 Å². The van der Waals surface area contributed by atoms with Crippen LogP contribution in [-0.4, -0.2) is 37.7 Å². The van der Waals surface area contributed by atoms with Gasteiger partial charge in [-0.1, -0.05) is 23.7 Å². The molecule has 0 radical (unpaired) electrons. The zero-order valence-electron chi connectivity index (χ0n) is 19.9. The van der Waals surface area contributed by atoms with Crippen molar-refractivity contribution < 1.29 is 23.9 Å². The van der Waals surface area contributed by atoms with Crippen molar-refractivity contribution in [1.29, 1.82) is 0 Å². The average molecular weight is 509 g/mol. The van der Waals surface area contributed by atoms with Crippen LogP contribution in [0.3, 0.4) is 0 Å². The number of hydrazone groups is 1. The van der Waals surface area contributed by atoms with Crippen LogP contribution < -0.4 is 25.5 Å². The second-order valence-corrected chi connectivity index (χ2v) is 8.15. The number of nitrogens with zero attached hydrogens (tertiary/aromatic N) is 1. The molecule has 0 saturated carbocycles. The molecule has 3 aromatic carbocycles. The van der Waals surface area contributed by atoms with E-state index < -0.39 is 11.8 Å². The van der Waals surface area contributed by atoms with Crippen molar-refractivity contribution >= 4 is 46.9 Å². The van der Waals surface area contributed by atoms with Gasteiger partial charge in [-0.25, -0.2) is 5.43 Å². The van der Waals surface area contributed by atoms with Crippen LogP contribution in [0.15, 0.2) is 65.8 Å². The van der Waals surface area contributed by atoms with Gasteiger partial charge in [0, 0.05) is 16.4 Å². The van der Waals surface area contributed by atoms with Crippen molar-refractivity contribution in [3.05, 3.63) is 82.4 Å². The number of benzene rings is 3. The molecule has 0 aromatic heterocycles. The Morgan fingerprint density at radius 1 is 0.889 bits per heavy atom. The monoisotopic (exact) mass is 508 g/mol. The van der Waals surface area contributed by atoms with Crippen LogP contribution in [0.5, 0.6) is 11.5 Å². The fraction of sp³-hybridized carbons (Fsp3) is 0.154. The molecule has 9 nitrogen and oxygen atoms in total. The Morgan fingerprint density at radius 3 is 2.39 bits per heavy atom. The van der Waals surface area contributed by atoms with Crippen molar-refractivity contribution in [3.63, 3.8) is 0 Å². The number of hydrogen-bond donors (Lipinski definition) is 3. The predicted molar refractivity (Wildman–Crippen MR) is 139 cm³/mol. The van der Waals surface area contributed by atoms with E-state index in [9.17, 15) is 14.4 Å². The number of rotatable bonds is 8. The Hall–Kier alpha value is -4.37. The molecule has 36 heavy (non-hydrogen) atoms. The molecule has 10 heteroatoms. The Kier molecular flexibility index (Phi) is 9.01. The second kappa shape index (κ2) is 12.4. The van der Waals surface area contributed by atoms with Crippen LogP contribution in [0, 0.1) is 13.8 Å². The van der Waals surface area contributed by atoms with E-state index in [0.717, 1.165) is 11.1 Å². The van der Waals surface area contributed by atoms with E-state index in [1.54, 1.807) is 36.4 Å². The van der Waals surface area contributed by atoms with Crippen LogP contribution in [0.4, 0.5) is 11.4 Å². The predicted octanol–water partition coefficient (Wildman–Crippen LogP) is 4.07. The Labute approximate surface area is 213 Å². The number of carbonyl (C=O) groups excluding carboxylic acids is 3. The molecule has 0 aliphatic heterocycles. The summed E-state index contributed by atoms with van der Waals surface area (Å²) in [6.07, 6.45) is 1.34. The molecule has 0 aliphatic rings. The molecular formula is C26H25ClN4O5. The lowest BCUT2D eigenvalue weighted by Crippen LogP contribution is -2.32. The van der Waals surface area contributed by atoms with E-state index >= 15 is 0 Å². The first-order chi connectivity index (χ1) is 17.2. The highest BCUT2D eigenvalue weighted by atomic mass is 35.5. The minimum Gasteiger partial charge on any atom is -0.493 e. The van der Waals surface area contributed by atoms with E-state index in [0.29, 0.717) is 33.5 Å². The molecule has 0 atom stereocenters. The zero-order valence-corrected chi connectivity index (χ0v) is 20.7. The van der Waals surface area contributed by atoms with Gasteiger partial charge in [-0.3, -0.25) is 14.4 Å². The lowest BCUT2D eigenvalue weighted by Gasteiger charge is -2.12. The third kappa shape index (κ3) is 7.57. The second-order valence-electron chi connectivity index (χ2n) is 7.71. The lowest BCUT2D eigenvalue weighted by molar-refractivity contribution is -0.136. The van der Waals surface area contributed by atoms with Crippen molar-refractivity contribution in [2.24, 2.45) is 5.10 Å². The summed E-state index contributed by atoms with van der Waals surface area (Å²) in [7, 11) is 1.46. The van der Waals surface area contributed by atoms with Crippen LogP contribution in [0.25, 0.3) is 0 Å². The average Bonchev–Trinajstić information content (AvgIpc) is 2.85. The van der Waals surface area contributed by atoms with Gasteiger partial charge >= 0.3 is 11.8 Å². The van der Waals surface area contributed by atoms with Gasteiger partial charge in [-0.2, -0.15) is 5.10 Å². The number of nitrogens with one attached hydrogen (secondary N) is 3. The molecule has 0 unspecified atom stereocenters.